The molecule has 1 saturated carbocycles. The van der Waals surface area contributed by atoms with E-state index in [4.69, 9.17) is 10.8 Å². The zero-order valence-corrected chi connectivity index (χ0v) is 9.58. The Hall–Kier alpha value is -2.37. The van der Waals surface area contributed by atoms with Gasteiger partial charge in [0, 0.05) is 12.1 Å². The molecule has 1 aliphatic carbocycles. The lowest BCUT2D eigenvalue weighted by Gasteiger charge is -2.06. The predicted octanol–water partition coefficient (Wildman–Crippen LogP) is 1.43. The molecule has 1 aliphatic rings. The van der Waals surface area contributed by atoms with Crippen molar-refractivity contribution in [1.29, 1.82) is 0 Å². The monoisotopic (exact) mass is 244 g/mol. The maximum atomic E-state index is 11.2. The Balaban J connectivity index is 2.06. The summed E-state index contributed by atoms with van der Waals surface area (Å²) in [6, 6.07) is 3.26. The van der Waals surface area contributed by atoms with Crippen LogP contribution in [0.15, 0.2) is 24.5 Å². The Morgan fingerprint density at radius 2 is 2.28 bits per heavy atom. The summed E-state index contributed by atoms with van der Waals surface area (Å²) in [5.74, 6) is -0.324. The topological polar surface area (TPSA) is 94.0 Å². The Kier molecular flexibility index (Phi) is 2.29. The van der Waals surface area contributed by atoms with E-state index in [1.165, 1.54) is 12.3 Å². The van der Waals surface area contributed by atoms with Crippen molar-refractivity contribution in [3.05, 3.63) is 35.8 Å². The van der Waals surface area contributed by atoms with Gasteiger partial charge in [0.05, 0.1) is 23.1 Å². The average Bonchev–Trinajstić information content (AvgIpc) is 3.08. The van der Waals surface area contributed by atoms with Gasteiger partial charge in [0.15, 0.2) is 0 Å². The van der Waals surface area contributed by atoms with Gasteiger partial charge in [0.1, 0.15) is 5.82 Å². The van der Waals surface area contributed by atoms with E-state index in [-0.39, 0.29) is 11.4 Å². The number of hydrogen-bond donors (Lipinski definition) is 2. The largest absolute Gasteiger partial charge is 0.478 e. The SMILES string of the molecule is Nc1cc(C(=O)O)c(-n2ccc(C3CC3)n2)cn1. The first-order valence-corrected chi connectivity index (χ1v) is 5.70. The van der Waals surface area contributed by atoms with Gasteiger partial charge in [0.2, 0.25) is 0 Å². The van der Waals surface area contributed by atoms with E-state index in [1.807, 2.05) is 6.07 Å². The molecule has 0 bridgehead atoms. The van der Waals surface area contributed by atoms with Gasteiger partial charge in [-0.3, -0.25) is 0 Å². The third-order valence-corrected chi connectivity index (χ3v) is 2.99. The minimum atomic E-state index is -1.04. The summed E-state index contributed by atoms with van der Waals surface area (Å²) in [6.07, 6.45) is 5.50. The fourth-order valence-corrected chi connectivity index (χ4v) is 1.89. The second kappa shape index (κ2) is 3.83. The second-order valence-corrected chi connectivity index (χ2v) is 4.39. The van der Waals surface area contributed by atoms with E-state index >= 15 is 0 Å². The number of nitrogens with zero attached hydrogens (tertiary/aromatic N) is 3. The molecule has 0 atom stereocenters. The third-order valence-electron chi connectivity index (χ3n) is 2.99. The number of carbonyl (C=O) groups is 1. The van der Waals surface area contributed by atoms with Gasteiger partial charge < -0.3 is 10.8 Å². The first-order chi connectivity index (χ1) is 8.65. The van der Waals surface area contributed by atoms with Crippen molar-refractivity contribution in [1.82, 2.24) is 14.8 Å². The molecule has 0 aromatic carbocycles. The number of aromatic carboxylic acids is 1. The van der Waals surface area contributed by atoms with Crippen LogP contribution in [0.5, 0.6) is 0 Å². The summed E-state index contributed by atoms with van der Waals surface area (Å²) in [5, 5.41) is 13.5. The molecule has 0 unspecified atom stereocenters. The lowest BCUT2D eigenvalue weighted by molar-refractivity contribution is 0.0696. The highest BCUT2D eigenvalue weighted by atomic mass is 16.4. The number of nitrogen functional groups attached to an aromatic ring is 1. The van der Waals surface area contributed by atoms with Gasteiger partial charge in [-0.1, -0.05) is 0 Å². The summed E-state index contributed by atoms with van der Waals surface area (Å²) in [6.45, 7) is 0. The van der Waals surface area contributed by atoms with Gasteiger partial charge in [-0.05, 0) is 25.0 Å². The zero-order valence-electron chi connectivity index (χ0n) is 9.58. The van der Waals surface area contributed by atoms with Gasteiger partial charge in [-0.2, -0.15) is 5.10 Å². The number of nitrogens with two attached hydrogens (primary N) is 1. The molecule has 0 amide bonds. The molecule has 0 radical (unpaired) electrons. The highest BCUT2D eigenvalue weighted by Crippen LogP contribution is 2.39. The molecule has 0 aliphatic heterocycles. The van der Waals surface area contributed by atoms with Crippen molar-refractivity contribution in [2.24, 2.45) is 0 Å². The Bertz CT molecular complexity index is 616. The predicted molar refractivity (Wildman–Crippen MR) is 64.7 cm³/mol. The van der Waals surface area contributed by atoms with E-state index in [0.29, 0.717) is 11.6 Å². The van der Waals surface area contributed by atoms with Crippen molar-refractivity contribution in [3.8, 4) is 5.69 Å². The van der Waals surface area contributed by atoms with Crippen LogP contribution >= 0.6 is 0 Å². The van der Waals surface area contributed by atoms with Gasteiger partial charge in [-0.25, -0.2) is 14.5 Å². The van der Waals surface area contributed by atoms with Crippen LogP contribution in [0.4, 0.5) is 5.82 Å². The highest BCUT2D eigenvalue weighted by molar-refractivity contribution is 5.92. The molecule has 1 fully saturated rings. The number of hydrogen-bond acceptors (Lipinski definition) is 4. The number of rotatable bonds is 3. The second-order valence-electron chi connectivity index (χ2n) is 4.39. The minimum Gasteiger partial charge on any atom is -0.478 e. The van der Waals surface area contributed by atoms with Gasteiger partial charge >= 0.3 is 5.97 Å². The first-order valence-electron chi connectivity index (χ1n) is 5.70. The van der Waals surface area contributed by atoms with Crippen LogP contribution < -0.4 is 5.73 Å². The Morgan fingerprint density at radius 1 is 1.50 bits per heavy atom. The van der Waals surface area contributed by atoms with Crippen molar-refractivity contribution >= 4 is 11.8 Å². The molecule has 2 aromatic rings. The Labute approximate surface area is 103 Å². The lowest BCUT2D eigenvalue weighted by Crippen LogP contribution is -2.08. The van der Waals surface area contributed by atoms with Crippen LogP contribution in [0.2, 0.25) is 0 Å². The van der Waals surface area contributed by atoms with E-state index < -0.39 is 5.97 Å². The third kappa shape index (κ3) is 1.81. The summed E-state index contributed by atoms with van der Waals surface area (Å²) in [5.41, 5.74) is 7.04. The summed E-state index contributed by atoms with van der Waals surface area (Å²) >= 11 is 0. The molecular formula is C12H12N4O2. The number of carboxylic acids is 1. The molecular weight excluding hydrogens is 232 g/mol. The van der Waals surface area contributed by atoms with Crippen LogP contribution in [0.1, 0.15) is 34.8 Å². The van der Waals surface area contributed by atoms with Gasteiger partial charge in [0.25, 0.3) is 0 Å². The molecule has 0 spiro atoms. The fraction of sp³-hybridized carbons (Fsp3) is 0.250. The maximum absolute atomic E-state index is 11.2. The number of aromatic nitrogens is 3. The van der Waals surface area contributed by atoms with E-state index in [9.17, 15) is 4.79 Å². The average molecular weight is 244 g/mol. The van der Waals surface area contributed by atoms with E-state index in [2.05, 4.69) is 10.1 Å². The first kappa shape index (κ1) is 10.8. The van der Waals surface area contributed by atoms with Crippen LogP contribution in [0, 0.1) is 0 Å². The highest BCUT2D eigenvalue weighted by Gasteiger charge is 2.26. The van der Waals surface area contributed by atoms with Crippen LogP contribution in [-0.4, -0.2) is 25.8 Å². The standard InChI is InChI=1S/C12H12N4O2/c13-11-5-8(12(17)18)10(6-14-11)16-4-3-9(15-16)7-1-2-7/h3-7H,1-2H2,(H2,13,14)(H,17,18). The summed E-state index contributed by atoms with van der Waals surface area (Å²) in [7, 11) is 0. The molecule has 2 heterocycles. The quantitative estimate of drug-likeness (QED) is 0.851. The molecule has 0 saturated heterocycles. The summed E-state index contributed by atoms with van der Waals surface area (Å²) < 4.78 is 1.55. The van der Waals surface area contributed by atoms with Crippen LogP contribution in [0.25, 0.3) is 5.69 Å². The molecule has 6 heteroatoms. The molecule has 3 rings (SSSR count). The number of anilines is 1. The number of pyridine rings is 1. The fourth-order valence-electron chi connectivity index (χ4n) is 1.89. The van der Waals surface area contributed by atoms with Crippen molar-refractivity contribution in [3.63, 3.8) is 0 Å². The zero-order chi connectivity index (χ0) is 12.7. The molecule has 18 heavy (non-hydrogen) atoms. The Morgan fingerprint density at radius 3 is 2.94 bits per heavy atom. The van der Waals surface area contributed by atoms with E-state index in [0.717, 1.165) is 18.5 Å². The molecule has 6 nitrogen and oxygen atoms in total. The molecule has 3 N–H and O–H groups in total. The van der Waals surface area contributed by atoms with Crippen LogP contribution in [-0.2, 0) is 0 Å². The van der Waals surface area contributed by atoms with Crippen LogP contribution in [0.3, 0.4) is 0 Å². The lowest BCUT2D eigenvalue weighted by atomic mass is 10.2. The van der Waals surface area contributed by atoms with Crippen molar-refractivity contribution in [2.45, 2.75) is 18.8 Å². The van der Waals surface area contributed by atoms with Gasteiger partial charge in [-0.15, -0.1) is 0 Å². The number of carboxylic acid groups (broad SMARTS) is 1. The minimum absolute atomic E-state index is 0.105. The van der Waals surface area contributed by atoms with E-state index in [1.54, 1.807) is 10.9 Å². The smallest absolute Gasteiger partial charge is 0.338 e. The molecule has 2 aromatic heterocycles. The van der Waals surface area contributed by atoms with Crippen molar-refractivity contribution < 1.29 is 9.90 Å². The van der Waals surface area contributed by atoms with Crippen molar-refractivity contribution in [2.75, 3.05) is 5.73 Å². The maximum Gasteiger partial charge on any atom is 0.338 e. The molecule has 92 valence electrons. The summed E-state index contributed by atoms with van der Waals surface area (Å²) in [4.78, 5) is 15.1. The normalized spacial score (nSPS) is 14.7.